The van der Waals surface area contributed by atoms with Crippen molar-refractivity contribution in [3.8, 4) is 0 Å². The second-order valence-corrected chi connectivity index (χ2v) is 8.11. The van der Waals surface area contributed by atoms with E-state index in [2.05, 4.69) is 11.9 Å². The summed E-state index contributed by atoms with van der Waals surface area (Å²) in [4.78, 5) is 45.6. The molecule has 0 aromatic heterocycles. The molecule has 4 N–H and O–H groups in total. The van der Waals surface area contributed by atoms with Crippen LogP contribution in [-0.4, -0.2) is 58.0 Å². The molecule has 1 aliphatic rings. The SMILES string of the molecule is C/C=C\C(N)=NC(=O)CCC.CC.CC(O)CC(=O)CCC1CCC(C)O1.CCC(=C=O)/C=C\C(=O)O. The Labute approximate surface area is 222 Å². The molecule has 1 saturated heterocycles. The largest absolute Gasteiger partial charge is 0.478 e. The number of amidine groups is 1. The fourth-order valence-electron chi connectivity index (χ4n) is 2.87. The number of aliphatic hydroxyl groups is 1. The molecule has 1 aliphatic heterocycles. The third-order valence-electron chi connectivity index (χ3n) is 4.58. The Bertz CT molecular complexity index is 779. The first-order valence-electron chi connectivity index (χ1n) is 13.0. The number of carbonyl (C=O) groups is 3. The number of aliphatic imine (C=N–C) groups is 1. The van der Waals surface area contributed by atoms with Crippen molar-refractivity contribution in [2.45, 2.75) is 118 Å². The Morgan fingerprint density at radius 1 is 1.14 bits per heavy atom. The van der Waals surface area contributed by atoms with Gasteiger partial charge < -0.3 is 20.7 Å². The lowest BCUT2D eigenvalue weighted by Gasteiger charge is -2.10. The van der Waals surface area contributed by atoms with Crippen molar-refractivity contribution in [1.29, 1.82) is 0 Å². The zero-order valence-electron chi connectivity index (χ0n) is 23.7. The Balaban J connectivity index is -0.000000461. The van der Waals surface area contributed by atoms with Gasteiger partial charge in [-0.05, 0) is 65.0 Å². The van der Waals surface area contributed by atoms with Crippen molar-refractivity contribution in [3.05, 3.63) is 29.9 Å². The van der Waals surface area contributed by atoms with Gasteiger partial charge in [-0.1, -0.05) is 33.8 Å². The summed E-state index contributed by atoms with van der Waals surface area (Å²) in [5.41, 5.74) is 5.72. The number of carboxylic acids is 1. The molecule has 0 aromatic carbocycles. The van der Waals surface area contributed by atoms with Crippen LogP contribution in [0.4, 0.5) is 0 Å². The lowest BCUT2D eigenvalue weighted by atomic mass is 10.1. The monoisotopic (exact) mass is 524 g/mol. The number of hydrogen-bond acceptors (Lipinski definition) is 6. The van der Waals surface area contributed by atoms with Gasteiger partial charge >= 0.3 is 5.97 Å². The molecule has 0 bridgehead atoms. The Morgan fingerprint density at radius 3 is 2.16 bits per heavy atom. The smallest absolute Gasteiger partial charge is 0.328 e. The Morgan fingerprint density at radius 2 is 1.76 bits per heavy atom. The molecular formula is C28H48N2O7. The predicted molar refractivity (Wildman–Crippen MR) is 148 cm³/mol. The van der Waals surface area contributed by atoms with Crippen molar-refractivity contribution in [2.24, 2.45) is 10.7 Å². The number of carbonyl (C=O) groups excluding carboxylic acids is 3. The molecule has 1 heterocycles. The van der Waals surface area contributed by atoms with E-state index in [4.69, 9.17) is 20.7 Å². The molecule has 3 unspecified atom stereocenters. The van der Waals surface area contributed by atoms with E-state index in [0.717, 1.165) is 31.8 Å². The van der Waals surface area contributed by atoms with Gasteiger partial charge in [-0.3, -0.25) is 9.59 Å². The zero-order chi connectivity index (χ0) is 29.2. The number of allylic oxidation sites excluding steroid dienone is 3. The van der Waals surface area contributed by atoms with Crippen molar-refractivity contribution >= 4 is 29.4 Å². The van der Waals surface area contributed by atoms with E-state index in [-0.39, 0.29) is 30.1 Å². The lowest BCUT2D eigenvalue weighted by molar-refractivity contribution is -0.131. The van der Waals surface area contributed by atoms with E-state index >= 15 is 0 Å². The highest BCUT2D eigenvalue weighted by Gasteiger charge is 2.22. The third-order valence-corrected chi connectivity index (χ3v) is 4.58. The highest BCUT2D eigenvalue weighted by Crippen LogP contribution is 2.22. The number of carboxylic acid groups (broad SMARTS) is 1. The molecule has 0 radical (unpaired) electrons. The van der Waals surface area contributed by atoms with Crippen molar-refractivity contribution < 1.29 is 34.1 Å². The minimum atomic E-state index is -1.05. The van der Waals surface area contributed by atoms with E-state index in [1.807, 2.05) is 27.7 Å². The van der Waals surface area contributed by atoms with Crippen LogP contribution >= 0.6 is 0 Å². The number of nitrogens with zero attached hydrogens (tertiary/aromatic N) is 1. The highest BCUT2D eigenvalue weighted by atomic mass is 16.5. The number of nitrogens with two attached hydrogens (primary N) is 1. The highest BCUT2D eigenvalue weighted by molar-refractivity contribution is 5.99. The van der Waals surface area contributed by atoms with Gasteiger partial charge in [0.1, 0.15) is 17.6 Å². The standard InChI is InChI=1S/C11H20O3.C8H14N2O.C7H8O3.C2H6/c1-8(12)7-10(13)4-6-11-5-3-9(2)14-11;1-3-5-7(9)10-8(11)6-4-2;1-2-6(5-8)3-4-7(9)10;1-2/h8-9,11-12H,3-7H2,1-2H3;3,5H,4,6H2,1-2H3,(H2,9,10,11);3-4H,2H2,1H3,(H,9,10);1-2H3/b;5-3-;4-3-;. The van der Waals surface area contributed by atoms with Gasteiger partial charge in [0.25, 0.3) is 0 Å². The maximum Gasteiger partial charge on any atom is 0.328 e. The molecule has 3 atom stereocenters. The fourth-order valence-corrected chi connectivity index (χ4v) is 2.87. The molecule has 0 aromatic rings. The van der Waals surface area contributed by atoms with Crippen LogP contribution in [0.3, 0.4) is 0 Å². The summed E-state index contributed by atoms with van der Waals surface area (Å²) >= 11 is 0. The van der Waals surface area contributed by atoms with Gasteiger partial charge in [-0.25, -0.2) is 9.59 Å². The number of Topliss-reactive ketones (excluding diaryl/α,β-unsaturated/α-hetero) is 1. The summed E-state index contributed by atoms with van der Waals surface area (Å²) in [6.45, 7) is 13.2. The van der Waals surface area contributed by atoms with Crippen LogP contribution in [0.2, 0.25) is 0 Å². The number of ether oxygens (including phenoxy) is 1. The molecule has 212 valence electrons. The van der Waals surface area contributed by atoms with Crippen LogP contribution in [-0.2, 0) is 23.9 Å². The molecule has 37 heavy (non-hydrogen) atoms. The lowest BCUT2D eigenvalue weighted by Crippen LogP contribution is -2.13. The first-order valence-corrected chi connectivity index (χ1v) is 13.0. The number of rotatable bonds is 11. The first-order chi connectivity index (χ1) is 17.5. The number of aliphatic carboxylic acids is 1. The van der Waals surface area contributed by atoms with Crippen LogP contribution in [0.5, 0.6) is 0 Å². The molecule has 9 heteroatoms. The predicted octanol–water partition coefficient (Wildman–Crippen LogP) is 4.74. The summed E-state index contributed by atoms with van der Waals surface area (Å²) in [7, 11) is 0. The van der Waals surface area contributed by atoms with Gasteiger partial charge in [0.15, 0.2) is 0 Å². The normalized spacial score (nSPS) is 17.4. The van der Waals surface area contributed by atoms with Crippen molar-refractivity contribution in [2.75, 3.05) is 0 Å². The summed E-state index contributed by atoms with van der Waals surface area (Å²) < 4.78 is 5.60. The number of hydrogen-bond donors (Lipinski definition) is 3. The molecular weight excluding hydrogens is 476 g/mol. The van der Waals surface area contributed by atoms with Gasteiger partial charge in [0.2, 0.25) is 5.91 Å². The Hall–Kier alpha value is -2.87. The molecule has 1 amide bonds. The molecule has 0 spiro atoms. The quantitative estimate of drug-likeness (QED) is 0.115. The van der Waals surface area contributed by atoms with Crippen LogP contribution in [0.25, 0.3) is 0 Å². The van der Waals surface area contributed by atoms with Gasteiger partial charge in [0.05, 0.1) is 18.3 Å². The fraction of sp³-hybridized carbons (Fsp3) is 0.643. The number of aliphatic hydroxyl groups excluding tert-OH is 1. The molecule has 0 saturated carbocycles. The second kappa shape index (κ2) is 26.2. The summed E-state index contributed by atoms with van der Waals surface area (Å²) in [6.07, 6.45) is 11.2. The molecule has 0 aliphatic carbocycles. The molecule has 9 nitrogen and oxygen atoms in total. The van der Waals surface area contributed by atoms with E-state index in [9.17, 15) is 19.2 Å². The van der Waals surface area contributed by atoms with Crippen LogP contribution < -0.4 is 5.73 Å². The van der Waals surface area contributed by atoms with Gasteiger partial charge in [-0.2, -0.15) is 4.99 Å². The summed E-state index contributed by atoms with van der Waals surface area (Å²) in [5.74, 6) is 0.844. The second-order valence-electron chi connectivity index (χ2n) is 8.11. The maximum absolute atomic E-state index is 11.3. The van der Waals surface area contributed by atoms with Crippen LogP contribution in [0.15, 0.2) is 34.9 Å². The average Bonchev–Trinajstić information content (AvgIpc) is 3.25. The van der Waals surface area contributed by atoms with Crippen molar-refractivity contribution in [3.63, 3.8) is 0 Å². The minimum Gasteiger partial charge on any atom is -0.478 e. The van der Waals surface area contributed by atoms with Crippen molar-refractivity contribution in [1.82, 2.24) is 0 Å². The maximum atomic E-state index is 11.3. The number of ketones is 1. The molecule has 1 rings (SSSR count). The van der Waals surface area contributed by atoms with E-state index < -0.39 is 12.1 Å². The topological polar surface area (TPSA) is 156 Å². The summed E-state index contributed by atoms with van der Waals surface area (Å²) in [6, 6.07) is 0. The van der Waals surface area contributed by atoms with Crippen LogP contribution in [0, 0.1) is 0 Å². The molecule has 1 fully saturated rings. The zero-order valence-corrected chi connectivity index (χ0v) is 23.7. The van der Waals surface area contributed by atoms with E-state index in [1.165, 1.54) is 6.08 Å². The van der Waals surface area contributed by atoms with Gasteiger partial charge in [0, 0.05) is 30.9 Å². The average molecular weight is 525 g/mol. The van der Waals surface area contributed by atoms with Crippen LogP contribution in [0.1, 0.15) is 99.8 Å². The minimum absolute atomic E-state index is 0.142. The van der Waals surface area contributed by atoms with E-state index in [0.29, 0.717) is 30.9 Å². The third kappa shape index (κ3) is 27.6. The first kappa shape index (κ1) is 38.7. The summed E-state index contributed by atoms with van der Waals surface area (Å²) in [5, 5.41) is 17.1. The van der Waals surface area contributed by atoms with Gasteiger partial charge in [-0.15, -0.1) is 0 Å². The Kier molecular flexibility index (Phi) is 27.4. The number of amides is 1. The van der Waals surface area contributed by atoms with E-state index in [1.54, 1.807) is 31.9 Å².